The first-order chi connectivity index (χ1) is 17.2. The highest BCUT2D eigenvalue weighted by molar-refractivity contribution is 5.94. The molecule has 1 saturated heterocycles. The number of nitrogens with zero attached hydrogens (tertiary/aromatic N) is 5. The zero-order chi connectivity index (χ0) is 24.0. The highest BCUT2D eigenvalue weighted by Crippen LogP contribution is 2.33. The number of likely N-dealkylation sites (tertiary alicyclic amines) is 1. The highest BCUT2D eigenvalue weighted by atomic mass is 16.5. The summed E-state index contributed by atoms with van der Waals surface area (Å²) in [5.74, 6) is 1.68. The molecule has 35 heavy (non-hydrogen) atoms. The number of carbonyl (C=O) groups excluding carboxylic acids is 1. The number of hydrogen-bond donors (Lipinski definition) is 0. The predicted molar refractivity (Wildman–Crippen MR) is 130 cm³/mol. The summed E-state index contributed by atoms with van der Waals surface area (Å²) in [7, 11) is 0. The van der Waals surface area contributed by atoms with Gasteiger partial charge in [0.1, 0.15) is 17.2 Å². The minimum atomic E-state index is -0.0563. The van der Waals surface area contributed by atoms with Gasteiger partial charge in [0.2, 0.25) is 5.88 Å². The van der Waals surface area contributed by atoms with Crippen molar-refractivity contribution in [1.29, 1.82) is 0 Å². The molecule has 8 nitrogen and oxygen atoms in total. The molecule has 0 unspecified atom stereocenters. The van der Waals surface area contributed by atoms with Crippen LogP contribution in [0.15, 0.2) is 79.4 Å². The summed E-state index contributed by atoms with van der Waals surface area (Å²) < 4.78 is 11.8. The normalized spacial score (nSPS) is 15.5. The van der Waals surface area contributed by atoms with Crippen LogP contribution in [0.3, 0.4) is 0 Å². The topological polar surface area (TPSA) is 90.3 Å². The lowest BCUT2D eigenvalue weighted by Gasteiger charge is -2.33. The largest absolute Gasteiger partial charge is 0.437 e. The molecule has 8 heteroatoms. The Hall–Kier alpha value is -4.33. The standard InChI is InChI=1S/C27H25N5O3/c1-19-6-2-9-22(16-19)34-25-24(28-13-14-29-25)21-8-4-15-32(18-21)26(33)20-7-3-10-23(17-20)35-27-30-11-5-12-31-27/h2-3,5-7,9-14,16-17,21H,4,8,15,18H2,1H3/t21-/m1/s1. The fraction of sp³-hybridized carbons (Fsp3) is 0.222. The summed E-state index contributed by atoms with van der Waals surface area (Å²) >= 11 is 0. The lowest BCUT2D eigenvalue weighted by molar-refractivity contribution is 0.0704. The number of aromatic nitrogens is 4. The van der Waals surface area contributed by atoms with Crippen molar-refractivity contribution in [2.75, 3.05) is 13.1 Å². The summed E-state index contributed by atoms with van der Waals surface area (Å²) in [5.41, 5.74) is 2.42. The van der Waals surface area contributed by atoms with E-state index < -0.39 is 0 Å². The fourth-order valence-corrected chi connectivity index (χ4v) is 4.19. The first-order valence-electron chi connectivity index (χ1n) is 11.6. The van der Waals surface area contributed by atoms with Crippen molar-refractivity contribution in [3.05, 3.63) is 96.2 Å². The average molecular weight is 468 g/mol. The maximum absolute atomic E-state index is 13.4. The van der Waals surface area contributed by atoms with Crippen LogP contribution in [0.1, 0.15) is 40.4 Å². The van der Waals surface area contributed by atoms with Crippen molar-refractivity contribution in [1.82, 2.24) is 24.8 Å². The van der Waals surface area contributed by atoms with Crippen LogP contribution in [0.5, 0.6) is 23.4 Å². The van der Waals surface area contributed by atoms with Crippen molar-refractivity contribution in [2.24, 2.45) is 0 Å². The van der Waals surface area contributed by atoms with E-state index in [1.807, 2.05) is 36.1 Å². The first-order valence-corrected chi connectivity index (χ1v) is 11.6. The molecule has 3 heterocycles. The van der Waals surface area contributed by atoms with Crippen LogP contribution >= 0.6 is 0 Å². The molecule has 5 rings (SSSR count). The van der Waals surface area contributed by atoms with Gasteiger partial charge in [0.25, 0.3) is 5.91 Å². The van der Waals surface area contributed by atoms with Gasteiger partial charge in [-0.25, -0.2) is 15.0 Å². The molecule has 4 aromatic rings. The Balaban J connectivity index is 1.32. The van der Waals surface area contributed by atoms with E-state index in [2.05, 4.69) is 19.9 Å². The van der Waals surface area contributed by atoms with Gasteiger partial charge in [-0.05, 0) is 61.7 Å². The average Bonchev–Trinajstić information content (AvgIpc) is 2.89. The van der Waals surface area contributed by atoms with E-state index in [0.29, 0.717) is 30.3 Å². The minimum Gasteiger partial charge on any atom is -0.437 e. The van der Waals surface area contributed by atoms with Crippen LogP contribution in [0, 0.1) is 6.92 Å². The van der Waals surface area contributed by atoms with E-state index in [4.69, 9.17) is 9.47 Å². The number of piperidine rings is 1. The van der Waals surface area contributed by atoms with Crippen LogP contribution in [-0.4, -0.2) is 43.8 Å². The van der Waals surface area contributed by atoms with Gasteiger partial charge in [0.15, 0.2) is 0 Å². The molecule has 1 amide bonds. The third-order valence-corrected chi connectivity index (χ3v) is 5.82. The van der Waals surface area contributed by atoms with Crippen molar-refractivity contribution < 1.29 is 14.3 Å². The molecule has 176 valence electrons. The van der Waals surface area contributed by atoms with Crippen LogP contribution in [0.4, 0.5) is 0 Å². The molecule has 0 N–H and O–H groups in total. The number of aryl methyl sites for hydroxylation is 1. The number of rotatable bonds is 6. The molecule has 0 saturated carbocycles. The van der Waals surface area contributed by atoms with E-state index in [1.165, 1.54) is 0 Å². The van der Waals surface area contributed by atoms with Crippen molar-refractivity contribution in [2.45, 2.75) is 25.7 Å². The minimum absolute atomic E-state index is 0.0263. The fourth-order valence-electron chi connectivity index (χ4n) is 4.19. The van der Waals surface area contributed by atoms with Gasteiger partial charge in [-0.3, -0.25) is 9.78 Å². The highest BCUT2D eigenvalue weighted by Gasteiger charge is 2.29. The first kappa shape index (κ1) is 22.5. The SMILES string of the molecule is Cc1cccc(Oc2nccnc2[C@@H]2CCCN(C(=O)c3cccc(Oc4ncccn4)c3)C2)c1. The van der Waals surface area contributed by atoms with E-state index in [1.54, 1.807) is 55.1 Å². The third kappa shape index (κ3) is 5.43. The Morgan fingerprint density at radius 1 is 0.886 bits per heavy atom. The second kappa shape index (κ2) is 10.3. The van der Waals surface area contributed by atoms with Crippen LogP contribution < -0.4 is 9.47 Å². The van der Waals surface area contributed by atoms with Crippen LogP contribution in [0.2, 0.25) is 0 Å². The predicted octanol–water partition coefficient (Wildman–Crippen LogP) is 5.18. The Kier molecular flexibility index (Phi) is 6.61. The molecule has 1 atom stereocenters. The molecule has 0 spiro atoms. The second-order valence-electron chi connectivity index (χ2n) is 8.42. The summed E-state index contributed by atoms with van der Waals surface area (Å²) in [4.78, 5) is 32.4. The smallest absolute Gasteiger partial charge is 0.321 e. The summed E-state index contributed by atoms with van der Waals surface area (Å²) in [6, 6.07) is 16.9. The molecule has 0 aliphatic carbocycles. The molecule has 1 aliphatic heterocycles. The van der Waals surface area contributed by atoms with Crippen LogP contribution in [-0.2, 0) is 0 Å². The summed E-state index contributed by atoms with van der Waals surface area (Å²) in [5, 5.41) is 0. The Labute approximate surface area is 203 Å². The van der Waals surface area contributed by atoms with E-state index in [-0.39, 0.29) is 17.8 Å². The molecular weight excluding hydrogens is 442 g/mol. The van der Waals surface area contributed by atoms with Crippen molar-refractivity contribution in [3.63, 3.8) is 0 Å². The molecule has 1 aliphatic rings. The van der Waals surface area contributed by atoms with E-state index in [0.717, 1.165) is 29.8 Å². The Morgan fingerprint density at radius 3 is 2.49 bits per heavy atom. The van der Waals surface area contributed by atoms with Gasteiger partial charge in [-0.2, -0.15) is 0 Å². The number of carbonyl (C=O) groups is 1. The van der Waals surface area contributed by atoms with Crippen molar-refractivity contribution in [3.8, 4) is 23.4 Å². The van der Waals surface area contributed by atoms with E-state index >= 15 is 0 Å². The number of benzene rings is 2. The zero-order valence-electron chi connectivity index (χ0n) is 19.4. The third-order valence-electron chi connectivity index (χ3n) is 5.82. The summed E-state index contributed by atoms with van der Waals surface area (Å²) in [6.45, 7) is 3.23. The number of hydrogen-bond acceptors (Lipinski definition) is 7. The monoisotopic (exact) mass is 467 g/mol. The molecule has 0 bridgehead atoms. The van der Waals surface area contributed by atoms with Gasteiger partial charge in [0, 0.05) is 49.4 Å². The van der Waals surface area contributed by atoms with Gasteiger partial charge in [-0.15, -0.1) is 0 Å². The maximum atomic E-state index is 13.4. The van der Waals surface area contributed by atoms with Gasteiger partial charge >= 0.3 is 6.01 Å². The lowest BCUT2D eigenvalue weighted by atomic mass is 9.94. The number of ether oxygens (including phenoxy) is 2. The van der Waals surface area contributed by atoms with E-state index in [9.17, 15) is 4.79 Å². The molecular formula is C27H25N5O3. The zero-order valence-corrected chi connectivity index (χ0v) is 19.4. The Bertz CT molecular complexity index is 1310. The molecule has 2 aromatic carbocycles. The second-order valence-corrected chi connectivity index (χ2v) is 8.42. The van der Waals surface area contributed by atoms with Crippen molar-refractivity contribution >= 4 is 5.91 Å². The molecule has 1 fully saturated rings. The van der Waals surface area contributed by atoms with Crippen LogP contribution in [0.25, 0.3) is 0 Å². The summed E-state index contributed by atoms with van der Waals surface area (Å²) in [6.07, 6.45) is 8.28. The Morgan fingerprint density at radius 2 is 1.66 bits per heavy atom. The van der Waals surface area contributed by atoms with Gasteiger partial charge in [-0.1, -0.05) is 18.2 Å². The maximum Gasteiger partial charge on any atom is 0.321 e. The molecule has 2 aromatic heterocycles. The van der Waals surface area contributed by atoms with Gasteiger partial charge in [0.05, 0.1) is 0 Å². The van der Waals surface area contributed by atoms with Gasteiger partial charge < -0.3 is 14.4 Å². The molecule has 0 radical (unpaired) electrons. The quantitative estimate of drug-likeness (QED) is 0.386. The number of amides is 1. The lowest BCUT2D eigenvalue weighted by Crippen LogP contribution is -2.39.